The lowest BCUT2D eigenvalue weighted by Crippen LogP contribution is -2.39. The number of pyridine rings is 1. The lowest BCUT2D eigenvalue weighted by molar-refractivity contribution is -0.0230. The van der Waals surface area contributed by atoms with E-state index in [-0.39, 0.29) is 11.9 Å². The minimum Gasteiger partial charge on any atom is -0.464 e. The lowest BCUT2D eigenvalue weighted by atomic mass is 9.84. The first-order valence-corrected chi connectivity index (χ1v) is 13.5. The molecule has 2 aliphatic rings. The van der Waals surface area contributed by atoms with Gasteiger partial charge >= 0.3 is 0 Å². The van der Waals surface area contributed by atoms with E-state index < -0.39 is 12.5 Å². The number of imidazole rings is 1. The SMILES string of the molecule is Cc1cn2c(C(=O)NC3CCC(CCN4CCc5sc(OCC(C)(F)F)nc5C4)CC3)cccc2n1. The van der Waals surface area contributed by atoms with Gasteiger partial charge in [-0.05, 0) is 70.0 Å². The second kappa shape index (κ2) is 10.4. The first-order chi connectivity index (χ1) is 17.2. The van der Waals surface area contributed by atoms with Crippen LogP contribution in [0.3, 0.4) is 0 Å². The Balaban J connectivity index is 1.06. The molecule has 0 radical (unpaired) electrons. The molecule has 3 aromatic heterocycles. The van der Waals surface area contributed by atoms with E-state index >= 15 is 0 Å². The van der Waals surface area contributed by atoms with Gasteiger partial charge < -0.3 is 10.1 Å². The van der Waals surface area contributed by atoms with Crippen molar-refractivity contribution in [3.63, 3.8) is 0 Å². The van der Waals surface area contributed by atoms with Gasteiger partial charge in [0.15, 0.2) is 6.61 Å². The Morgan fingerprint density at radius 2 is 2.06 bits per heavy atom. The Kier molecular flexibility index (Phi) is 7.25. The highest BCUT2D eigenvalue weighted by molar-refractivity contribution is 7.13. The van der Waals surface area contributed by atoms with Crippen molar-refractivity contribution >= 4 is 22.9 Å². The first-order valence-electron chi connectivity index (χ1n) is 12.7. The Morgan fingerprint density at radius 3 is 2.83 bits per heavy atom. The van der Waals surface area contributed by atoms with Crippen molar-refractivity contribution in [3.05, 3.63) is 46.4 Å². The summed E-state index contributed by atoms with van der Waals surface area (Å²) in [4.78, 5) is 25.4. The van der Waals surface area contributed by atoms with Gasteiger partial charge in [0.1, 0.15) is 11.3 Å². The minimum absolute atomic E-state index is 0.0418. The van der Waals surface area contributed by atoms with Crippen molar-refractivity contribution in [1.29, 1.82) is 0 Å². The molecule has 1 aliphatic carbocycles. The summed E-state index contributed by atoms with van der Waals surface area (Å²) in [5.74, 6) is -2.24. The quantitative estimate of drug-likeness (QED) is 0.462. The van der Waals surface area contributed by atoms with E-state index in [4.69, 9.17) is 4.74 Å². The molecule has 1 amide bonds. The monoisotopic (exact) mass is 517 g/mol. The van der Waals surface area contributed by atoms with Crippen molar-refractivity contribution in [3.8, 4) is 5.19 Å². The lowest BCUT2D eigenvalue weighted by Gasteiger charge is -2.32. The summed E-state index contributed by atoms with van der Waals surface area (Å²) in [6.45, 7) is 4.87. The molecule has 5 rings (SSSR count). The maximum atomic E-state index is 13.1. The largest absolute Gasteiger partial charge is 0.464 e. The Morgan fingerprint density at radius 1 is 1.25 bits per heavy atom. The molecule has 0 bridgehead atoms. The fraction of sp³-hybridized carbons (Fsp3) is 0.577. The number of hydrogen-bond acceptors (Lipinski definition) is 6. The van der Waals surface area contributed by atoms with Crippen LogP contribution in [0.15, 0.2) is 24.4 Å². The molecule has 1 fully saturated rings. The van der Waals surface area contributed by atoms with Crippen molar-refractivity contribution in [2.45, 2.75) is 70.9 Å². The van der Waals surface area contributed by atoms with Crippen LogP contribution in [0.25, 0.3) is 5.65 Å². The van der Waals surface area contributed by atoms with Crippen molar-refractivity contribution in [2.24, 2.45) is 5.92 Å². The highest BCUT2D eigenvalue weighted by Gasteiger charge is 2.27. The summed E-state index contributed by atoms with van der Waals surface area (Å²) in [5.41, 5.74) is 3.27. The van der Waals surface area contributed by atoms with E-state index in [0.717, 1.165) is 87.0 Å². The van der Waals surface area contributed by atoms with Crippen LogP contribution in [0, 0.1) is 12.8 Å². The van der Waals surface area contributed by atoms with Crippen molar-refractivity contribution in [2.75, 3.05) is 19.7 Å². The van der Waals surface area contributed by atoms with E-state index in [1.807, 2.05) is 35.7 Å². The zero-order chi connectivity index (χ0) is 25.3. The first kappa shape index (κ1) is 25.1. The summed E-state index contributed by atoms with van der Waals surface area (Å²) in [6, 6.07) is 5.83. The van der Waals surface area contributed by atoms with Gasteiger partial charge in [-0.25, -0.2) is 18.7 Å². The second-order valence-electron chi connectivity index (χ2n) is 10.2. The highest BCUT2D eigenvalue weighted by Crippen LogP contribution is 2.32. The number of ether oxygens (including phenoxy) is 1. The predicted molar refractivity (Wildman–Crippen MR) is 135 cm³/mol. The average Bonchev–Trinajstić information content (AvgIpc) is 3.43. The smallest absolute Gasteiger partial charge is 0.278 e. The van der Waals surface area contributed by atoms with Gasteiger partial charge in [0.2, 0.25) is 0 Å². The number of thiazole rings is 1. The van der Waals surface area contributed by atoms with Crippen LogP contribution in [-0.2, 0) is 13.0 Å². The van der Waals surface area contributed by atoms with Crippen LogP contribution in [0.4, 0.5) is 8.78 Å². The maximum Gasteiger partial charge on any atom is 0.278 e. The third kappa shape index (κ3) is 6.03. The Bertz CT molecular complexity index is 1210. The van der Waals surface area contributed by atoms with E-state index in [2.05, 4.69) is 20.2 Å². The molecule has 0 atom stereocenters. The van der Waals surface area contributed by atoms with Gasteiger partial charge in [0, 0.05) is 37.1 Å². The molecule has 7 nitrogen and oxygen atoms in total. The van der Waals surface area contributed by atoms with Crippen LogP contribution in [0.5, 0.6) is 5.19 Å². The number of carbonyl (C=O) groups is 1. The van der Waals surface area contributed by atoms with Crippen LogP contribution >= 0.6 is 11.3 Å². The third-order valence-electron chi connectivity index (χ3n) is 7.12. The molecular weight excluding hydrogens is 484 g/mol. The number of hydrogen-bond donors (Lipinski definition) is 1. The minimum atomic E-state index is -2.85. The molecule has 0 unspecified atom stereocenters. The van der Waals surface area contributed by atoms with Gasteiger partial charge in [0.05, 0.1) is 11.4 Å². The third-order valence-corrected chi connectivity index (χ3v) is 8.19. The van der Waals surface area contributed by atoms with Crippen LogP contribution in [-0.4, -0.2) is 56.8 Å². The number of aryl methyl sites for hydroxylation is 1. The number of carbonyl (C=O) groups excluding carboxylic acids is 1. The van der Waals surface area contributed by atoms with Gasteiger partial charge in [-0.15, -0.1) is 0 Å². The van der Waals surface area contributed by atoms with E-state index in [1.54, 1.807) is 0 Å². The molecule has 1 N–H and O–H groups in total. The highest BCUT2D eigenvalue weighted by atomic mass is 32.1. The number of halogens is 2. The number of fused-ring (bicyclic) bond motifs is 2. The number of rotatable bonds is 8. The summed E-state index contributed by atoms with van der Waals surface area (Å²) >= 11 is 1.40. The van der Waals surface area contributed by atoms with Crippen LogP contribution in [0.2, 0.25) is 0 Å². The molecule has 0 spiro atoms. The molecule has 4 heterocycles. The number of nitrogens with zero attached hydrogens (tertiary/aromatic N) is 4. The number of alkyl halides is 2. The summed E-state index contributed by atoms with van der Waals surface area (Å²) < 4.78 is 33.2. The fourth-order valence-electron chi connectivity index (χ4n) is 5.21. The second-order valence-corrected chi connectivity index (χ2v) is 11.3. The zero-order valence-electron chi connectivity index (χ0n) is 20.8. The molecule has 36 heavy (non-hydrogen) atoms. The Labute approximate surface area is 213 Å². The number of amides is 1. The van der Waals surface area contributed by atoms with Gasteiger partial charge in [-0.2, -0.15) is 0 Å². The van der Waals surface area contributed by atoms with E-state index in [9.17, 15) is 13.6 Å². The predicted octanol–water partition coefficient (Wildman–Crippen LogP) is 4.87. The van der Waals surface area contributed by atoms with Gasteiger partial charge in [-0.3, -0.25) is 14.1 Å². The topological polar surface area (TPSA) is 71.8 Å². The van der Waals surface area contributed by atoms with E-state index in [0.29, 0.717) is 16.8 Å². The maximum absolute atomic E-state index is 13.1. The summed E-state index contributed by atoms with van der Waals surface area (Å²) in [6.07, 6.45) is 8.12. The molecule has 3 aromatic rings. The fourth-order valence-corrected chi connectivity index (χ4v) is 6.11. The van der Waals surface area contributed by atoms with Gasteiger partial charge in [0.25, 0.3) is 17.0 Å². The molecule has 0 aromatic carbocycles. The standard InChI is InChI=1S/C26H33F2N5O2S/c1-17-14-33-21(4-3-5-23(33)29-17)24(34)30-19-8-6-18(7-9-19)10-12-32-13-11-22-20(15-32)31-25(36-22)35-16-26(2,27)28/h3-5,14,18-19H,6-13,15-16H2,1-2H3,(H,30,34). The molecule has 1 saturated carbocycles. The molecule has 1 aliphatic heterocycles. The van der Waals surface area contributed by atoms with Gasteiger partial charge in [-0.1, -0.05) is 17.4 Å². The normalized spacial score (nSPS) is 20.9. The van der Waals surface area contributed by atoms with Crippen molar-refractivity contribution in [1.82, 2.24) is 24.6 Å². The Hall–Kier alpha value is -2.59. The number of aromatic nitrogens is 3. The zero-order valence-corrected chi connectivity index (χ0v) is 21.6. The summed E-state index contributed by atoms with van der Waals surface area (Å²) in [5, 5.41) is 3.58. The molecule has 0 saturated heterocycles. The average molecular weight is 518 g/mol. The van der Waals surface area contributed by atoms with Crippen LogP contribution in [0.1, 0.15) is 65.8 Å². The number of nitrogens with one attached hydrogen (secondary N) is 1. The molecular formula is C26H33F2N5O2S. The molecule has 10 heteroatoms. The van der Waals surface area contributed by atoms with Crippen LogP contribution < -0.4 is 10.1 Å². The van der Waals surface area contributed by atoms with E-state index in [1.165, 1.54) is 11.3 Å². The molecule has 194 valence electrons. The van der Waals surface area contributed by atoms with Crippen molar-refractivity contribution < 1.29 is 18.3 Å². The summed E-state index contributed by atoms with van der Waals surface area (Å²) in [7, 11) is 0.